The van der Waals surface area contributed by atoms with Crippen molar-refractivity contribution in [2.75, 3.05) is 26.2 Å². The Morgan fingerprint density at radius 3 is 3.06 bits per heavy atom. The van der Waals surface area contributed by atoms with E-state index in [1.54, 1.807) is 0 Å². The Bertz CT molecular complexity index is 354. The summed E-state index contributed by atoms with van der Waals surface area (Å²) < 4.78 is 2.28. The van der Waals surface area contributed by atoms with E-state index in [9.17, 15) is 0 Å². The molecule has 0 amide bonds. The van der Waals surface area contributed by atoms with E-state index in [-0.39, 0.29) is 0 Å². The van der Waals surface area contributed by atoms with Gasteiger partial charge >= 0.3 is 0 Å². The largest absolute Gasteiger partial charge is 0.333 e. The molecule has 1 aromatic heterocycles. The summed E-state index contributed by atoms with van der Waals surface area (Å²) in [6.45, 7) is 7.02. The minimum absolute atomic E-state index is 0.943. The molecule has 17 heavy (non-hydrogen) atoms. The van der Waals surface area contributed by atoms with Crippen molar-refractivity contribution in [3.8, 4) is 0 Å². The molecular formula is C13H22N4. The van der Waals surface area contributed by atoms with Crippen molar-refractivity contribution >= 4 is 0 Å². The number of nitrogens with one attached hydrogen (secondary N) is 1. The van der Waals surface area contributed by atoms with Crippen LogP contribution in [-0.2, 0) is 13.1 Å². The summed E-state index contributed by atoms with van der Waals surface area (Å²) in [5, 5.41) is 3.44. The molecule has 0 unspecified atom stereocenters. The van der Waals surface area contributed by atoms with Crippen LogP contribution in [0.1, 0.15) is 25.1 Å². The lowest BCUT2D eigenvalue weighted by molar-refractivity contribution is 0.193. The van der Waals surface area contributed by atoms with Crippen LogP contribution in [0.2, 0.25) is 0 Å². The maximum atomic E-state index is 4.41. The van der Waals surface area contributed by atoms with Crippen molar-refractivity contribution in [2.24, 2.45) is 5.92 Å². The molecule has 0 spiro atoms. The van der Waals surface area contributed by atoms with E-state index in [1.165, 1.54) is 51.3 Å². The summed E-state index contributed by atoms with van der Waals surface area (Å²) in [4.78, 5) is 6.97. The predicted molar refractivity (Wildman–Crippen MR) is 67.7 cm³/mol. The Morgan fingerprint density at radius 1 is 1.29 bits per heavy atom. The quantitative estimate of drug-likeness (QED) is 0.850. The van der Waals surface area contributed by atoms with Gasteiger partial charge in [0, 0.05) is 25.5 Å². The minimum Gasteiger partial charge on any atom is -0.333 e. The van der Waals surface area contributed by atoms with Crippen LogP contribution < -0.4 is 5.32 Å². The molecule has 1 saturated heterocycles. The topological polar surface area (TPSA) is 33.1 Å². The zero-order valence-electron chi connectivity index (χ0n) is 10.4. The number of rotatable bonds is 3. The molecule has 94 valence electrons. The van der Waals surface area contributed by atoms with Crippen LogP contribution in [0.5, 0.6) is 0 Å². The summed E-state index contributed by atoms with van der Waals surface area (Å²) in [5.74, 6) is 2.18. The lowest BCUT2D eigenvalue weighted by Gasteiger charge is -2.30. The zero-order chi connectivity index (χ0) is 11.5. The number of fused-ring (bicyclic) bond motifs is 1. The number of hydrogen-bond donors (Lipinski definition) is 1. The highest BCUT2D eigenvalue weighted by atomic mass is 15.2. The van der Waals surface area contributed by atoms with E-state index in [0.717, 1.165) is 19.0 Å². The normalized spacial score (nSPS) is 22.6. The maximum absolute atomic E-state index is 4.41. The Morgan fingerprint density at radius 2 is 2.18 bits per heavy atom. The highest BCUT2D eigenvalue weighted by Crippen LogP contribution is 2.18. The average molecular weight is 234 g/mol. The van der Waals surface area contributed by atoms with Crippen LogP contribution >= 0.6 is 0 Å². The van der Waals surface area contributed by atoms with Crippen LogP contribution in [0.4, 0.5) is 0 Å². The molecule has 0 radical (unpaired) electrons. The van der Waals surface area contributed by atoms with Crippen LogP contribution in [0.25, 0.3) is 0 Å². The molecular weight excluding hydrogens is 212 g/mol. The van der Waals surface area contributed by atoms with Gasteiger partial charge < -0.3 is 9.88 Å². The number of aromatic nitrogens is 2. The molecule has 2 aliphatic rings. The van der Waals surface area contributed by atoms with Gasteiger partial charge in [0.05, 0.1) is 6.54 Å². The zero-order valence-corrected chi connectivity index (χ0v) is 10.4. The van der Waals surface area contributed by atoms with Crippen molar-refractivity contribution in [3.63, 3.8) is 0 Å². The summed E-state index contributed by atoms with van der Waals surface area (Å²) in [7, 11) is 0. The van der Waals surface area contributed by atoms with Gasteiger partial charge in [0.25, 0.3) is 0 Å². The predicted octanol–water partition coefficient (Wildman–Crippen LogP) is 1.09. The third-order valence-corrected chi connectivity index (χ3v) is 4.14. The molecule has 1 aromatic rings. The lowest BCUT2D eigenvalue weighted by atomic mass is 9.94. The Balaban J connectivity index is 1.47. The van der Waals surface area contributed by atoms with Crippen LogP contribution in [0.15, 0.2) is 12.4 Å². The van der Waals surface area contributed by atoms with Crippen LogP contribution in [0.3, 0.4) is 0 Å². The molecule has 4 nitrogen and oxygen atoms in total. The van der Waals surface area contributed by atoms with Crippen molar-refractivity contribution in [1.82, 2.24) is 19.8 Å². The van der Waals surface area contributed by atoms with Gasteiger partial charge in [0.1, 0.15) is 5.82 Å². The van der Waals surface area contributed by atoms with E-state index in [0.29, 0.717) is 0 Å². The van der Waals surface area contributed by atoms with Crippen LogP contribution in [0, 0.1) is 5.92 Å². The van der Waals surface area contributed by atoms with Crippen molar-refractivity contribution in [3.05, 3.63) is 18.2 Å². The van der Waals surface area contributed by atoms with Gasteiger partial charge in [0.2, 0.25) is 0 Å². The standard InChI is InChI=1S/C13H22N4/c1-4-14-5-2-12(1)3-7-16-9-10-17-8-6-15-13(17)11-16/h6,8,12,14H,1-5,7,9-11H2. The molecule has 0 aliphatic carbocycles. The van der Waals surface area contributed by atoms with E-state index >= 15 is 0 Å². The molecule has 0 bridgehead atoms. The second kappa shape index (κ2) is 5.19. The van der Waals surface area contributed by atoms with Gasteiger partial charge in [-0.05, 0) is 44.8 Å². The average Bonchev–Trinajstić information content (AvgIpc) is 2.85. The SMILES string of the molecule is c1cn2c(n1)CN(CCC1CCNCC1)CC2. The molecule has 0 aromatic carbocycles. The smallest absolute Gasteiger partial charge is 0.122 e. The van der Waals surface area contributed by atoms with E-state index in [1.807, 2.05) is 6.20 Å². The lowest BCUT2D eigenvalue weighted by Crippen LogP contribution is -2.36. The molecule has 3 rings (SSSR count). The number of imidazole rings is 1. The van der Waals surface area contributed by atoms with Crippen molar-refractivity contribution in [2.45, 2.75) is 32.4 Å². The molecule has 2 aliphatic heterocycles. The highest BCUT2D eigenvalue weighted by molar-refractivity contribution is 4.95. The van der Waals surface area contributed by atoms with Gasteiger partial charge in [-0.3, -0.25) is 4.90 Å². The van der Waals surface area contributed by atoms with Gasteiger partial charge in [-0.1, -0.05) is 0 Å². The number of hydrogen-bond acceptors (Lipinski definition) is 3. The Hall–Kier alpha value is -0.870. The third-order valence-electron chi connectivity index (χ3n) is 4.14. The first-order valence-corrected chi connectivity index (χ1v) is 6.85. The fourth-order valence-corrected chi connectivity index (χ4v) is 2.95. The minimum atomic E-state index is 0.943. The first-order chi connectivity index (χ1) is 8.42. The Kier molecular flexibility index (Phi) is 3.43. The monoisotopic (exact) mass is 234 g/mol. The first-order valence-electron chi connectivity index (χ1n) is 6.85. The number of nitrogens with zero attached hydrogens (tertiary/aromatic N) is 3. The molecule has 1 fully saturated rings. The molecule has 3 heterocycles. The fraction of sp³-hybridized carbons (Fsp3) is 0.769. The molecule has 0 atom stereocenters. The maximum Gasteiger partial charge on any atom is 0.122 e. The summed E-state index contributed by atoms with van der Waals surface area (Å²) in [6.07, 6.45) is 8.11. The summed E-state index contributed by atoms with van der Waals surface area (Å²) >= 11 is 0. The van der Waals surface area contributed by atoms with E-state index in [4.69, 9.17) is 0 Å². The van der Waals surface area contributed by atoms with Gasteiger partial charge in [-0.2, -0.15) is 0 Å². The second-order valence-electron chi connectivity index (χ2n) is 5.30. The van der Waals surface area contributed by atoms with Crippen molar-refractivity contribution in [1.29, 1.82) is 0 Å². The summed E-state index contributed by atoms with van der Waals surface area (Å²) in [6, 6.07) is 0. The highest BCUT2D eigenvalue weighted by Gasteiger charge is 2.18. The van der Waals surface area contributed by atoms with E-state index in [2.05, 4.69) is 26.0 Å². The van der Waals surface area contributed by atoms with Gasteiger partial charge in [-0.15, -0.1) is 0 Å². The summed E-state index contributed by atoms with van der Waals surface area (Å²) in [5.41, 5.74) is 0. The van der Waals surface area contributed by atoms with Crippen molar-refractivity contribution < 1.29 is 0 Å². The second-order valence-corrected chi connectivity index (χ2v) is 5.30. The fourth-order valence-electron chi connectivity index (χ4n) is 2.95. The molecule has 0 saturated carbocycles. The van der Waals surface area contributed by atoms with Gasteiger partial charge in [-0.25, -0.2) is 4.98 Å². The van der Waals surface area contributed by atoms with Gasteiger partial charge in [0.15, 0.2) is 0 Å². The third kappa shape index (κ3) is 2.69. The van der Waals surface area contributed by atoms with E-state index < -0.39 is 0 Å². The first kappa shape index (κ1) is 11.2. The van der Waals surface area contributed by atoms with Crippen LogP contribution in [-0.4, -0.2) is 40.6 Å². The molecule has 1 N–H and O–H groups in total. The Labute approximate surface area is 103 Å². The molecule has 4 heteroatoms. The number of piperidine rings is 1.